The number of amides is 1. The van der Waals surface area contributed by atoms with Gasteiger partial charge in [-0.1, -0.05) is 18.2 Å². The number of anilines is 2. The number of imidazole rings is 1. The van der Waals surface area contributed by atoms with E-state index in [0.29, 0.717) is 18.8 Å². The number of aromatic nitrogens is 3. The number of nitrogens with two attached hydrogens (primary N) is 1. The van der Waals surface area contributed by atoms with Gasteiger partial charge in [-0.05, 0) is 24.3 Å². The first kappa shape index (κ1) is 14.4. The van der Waals surface area contributed by atoms with Gasteiger partial charge in [0.1, 0.15) is 11.6 Å². The fourth-order valence-corrected chi connectivity index (χ4v) is 3.15. The molecule has 0 saturated carbocycles. The second kappa shape index (κ2) is 5.81. The Labute approximate surface area is 139 Å². The van der Waals surface area contributed by atoms with E-state index in [1.807, 2.05) is 47.5 Å². The number of rotatable bonds is 3. The molecule has 1 amide bonds. The zero-order valence-electron chi connectivity index (χ0n) is 13.0. The minimum Gasteiger partial charge on any atom is -0.384 e. The maximum Gasteiger partial charge on any atom is 0.229 e. The third kappa shape index (κ3) is 2.52. The highest BCUT2D eigenvalue weighted by molar-refractivity contribution is 5.96. The number of para-hydroxylation sites is 1. The molecule has 0 spiro atoms. The highest BCUT2D eigenvalue weighted by atomic mass is 16.2. The topological polar surface area (TPSA) is 77.0 Å². The van der Waals surface area contributed by atoms with Crippen molar-refractivity contribution in [3.8, 4) is 11.4 Å². The van der Waals surface area contributed by atoms with Gasteiger partial charge in [0.15, 0.2) is 0 Å². The number of hydrogen-bond acceptors (Lipinski definition) is 4. The van der Waals surface area contributed by atoms with Crippen molar-refractivity contribution in [1.29, 1.82) is 0 Å². The van der Waals surface area contributed by atoms with E-state index in [-0.39, 0.29) is 11.9 Å². The van der Waals surface area contributed by atoms with Gasteiger partial charge >= 0.3 is 0 Å². The zero-order valence-corrected chi connectivity index (χ0v) is 13.0. The van der Waals surface area contributed by atoms with E-state index in [1.54, 1.807) is 18.5 Å². The van der Waals surface area contributed by atoms with Crippen molar-refractivity contribution >= 4 is 17.4 Å². The first-order valence-electron chi connectivity index (χ1n) is 7.82. The molecule has 0 aliphatic carbocycles. The molecule has 1 aliphatic heterocycles. The van der Waals surface area contributed by atoms with E-state index in [0.717, 1.165) is 17.1 Å². The molecule has 3 aromatic rings. The maximum atomic E-state index is 12.4. The molecule has 0 bridgehead atoms. The Kier molecular flexibility index (Phi) is 3.49. The Morgan fingerprint density at radius 1 is 1.08 bits per heavy atom. The van der Waals surface area contributed by atoms with Crippen molar-refractivity contribution in [1.82, 2.24) is 14.5 Å². The second-order valence-corrected chi connectivity index (χ2v) is 5.83. The van der Waals surface area contributed by atoms with Crippen LogP contribution in [0.25, 0.3) is 11.4 Å². The van der Waals surface area contributed by atoms with Gasteiger partial charge in [0.2, 0.25) is 5.91 Å². The van der Waals surface area contributed by atoms with Gasteiger partial charge in [0, 0.05) is 42.8 Å². The summed E-state index contributed by atoms with van der Waals surface area (Å²) >= 11 is 0. The van der Waals surface area contributed by atoms with Gasteiger partial charge in [-0.15, -0.1) is 0 Å². The van der Waals surface area contributed by atoms with Crippen LogP contribution in [0.2, 0.25) is 0 Å². The molecule has 6 nitrogen and oxygen atoms in total. The minimum absolute atomic E-state index is 0.0459. The number of benzene rings is 1. The molecule has 1 atom stereocenters. The van der Waals surface area contributed by atoms with E-state index in [1.165, 1.54) is 0 Å². The summed E-state index contributed by atoms with van der Waals surface area (Å²) in [7, 11) is 0. The fourth-order valence-electron chi connectivity index (χ4n) is 3.15. The average Bonchev–Trinajstić information content (AvgIpc) is 3.22. The molecule has 6 heteroatoms. The Morgan fingerprint density at radius 2 is 1.92 bits per heavy atom. The lowest BCUT2D eigenvalue weighted by Gasteiger charge is -2.18. The predicted molar refractivity (Wildman–Crippen MR) is 92.3 cm³/mol. The van der Waals surface area contributed by atoms with E-state index in [9.17, 15) is 4.79 Å². The molecule has 120 valence electrons. The van der Waals surface area contributed by atoms with Crippen LogP contribution in [0.1, 0.15) is 12.5 Å². The molecule has 2 aromatic heterocycles. The molecule has 4 rings (SSSR count). The highest BCUT2D eigenvalue weighted by Crippen LogP contribution is 2.31. The Hall–Kier alpha value is -3.15. The number of nitrogens with zero attached hydrogens (tertiary/aromatic N) is 4. The van der Waals surface area contributed by atoms with Crippen molar-refractivity contribution in [2.24, 2.45) is 0 Å². The van der Waals surface area contributed by atoms with Crippen LogP contribution < -0.4 is 10.6 Å². The number of carbonyl (C=O) groups is 1. The van der Waals surface area contributed by atoms with Crippen LogP contribution in [-0.4, -0.2) is 27.0 Å². The lowest BCUT2D eigenvalue weighted by atomic mass is 10.2. The summed E-state index contributed by atoms with van der Waals surface area (Å²) in [6.45, 7) is 0.632. The van der Waals surface area contributed by atoms with E-state index >= 15 is 0 Å². The molecule has 2 N–H and O–H groups in total. The molecule has 0 radical (unpaired) electrons. The van der Waals surface area contributed by atoms with Gasteiger partial charge in [-0.3, -0.25) is 4.79 Å². The summed E-state index contributed by atoms with van der Waals surface area (Å²) in [5.74, 6) is 1.38. The maximum absolute atomic E-state index is 12.4. The molecule has 1 aliphatic rings. The van der Waals surface area contributed by atoms with Crippen molar-refractivity contribution in [2.75, 3.05) is 17.2 Å². The number of nitrogen functional groups attached to an aromatic ring is 1. The lowest BCUT2D eigenvalue weighted by Crippen LogP contribution is -2.24. The normalized spacial score (nSPS) is 17.4. The summed E-state index contributed by atoms with van der Waals surface area (Å²) in [5, 5.41) is 0. The first-order chi connectivity index (χ1) is 11.7. The lowest BCUT2D eigenvalue weighted by molar-refractivity contribution is -0.117. The third-order valence-corrected chi connectivity index (χ3v) is 4.27. The summed E-state index contributed by atoms with van der Waals surface area (Å²) in [6.07, 6.45) is 5.79. The molecular weight excluding hydrogens is 302 g/mol. The van der Waals surface area contributed by atoms with Crippen LogP contribution in [0.3, 0.4) is 0 Å². The van der Waals surface area contributed by atoms with E-state index in [2.05, 4.69) is 14.5 Å². The van der Waals surface area contributed by atoms with Crippen LogP contribution in [0.4, 0.5) is 11.5 Å². The van der Waals surface area contributed by atoms with E-state index < -0.39 is 0 Å². The number of hydrogen-bond donors (Lipinski definition) is 1. The standard InChI is InChI=1S/C18H17N5O/c19-16-10-13(6-7-20-16)18-21-8-9-22(18)15-11-17(24)23(12-15)14-4-2-1-3-5-14/h1-10,15H,11-12H2,(H2,19,20). The van der Waals surface area contributed by atoms with Crippen LogP contribution in [-0.2, 0) is 4.79 Å². The Morgan fingerprint density at radius 3 is 2.71 bits per heavy atom. The smallest absolute Gasteiger partial charge is 0.229 e. The average molecular weight is 319 g/mol. The van der Waals surface area contributed by atoms with Gasteiger partial charge in [-0.25, -0.2) is 9.97 Å². The molecule has 1 saturated heterocycles. The Bertz CT molecular complexity index is 874. The van der Waals surface area contributed by atoms with Crippen molar-refractivity contribution < 1.29 is 4.79 Å². The zero-order chi connectivity index (χ0) is 16.5. The summed E-state index contributed by atoms with van der Waals surface area (Å²) < 4.78 is 2.05. The summed E-state index contributed by atoms with van der Waals surface area (Å²) in [6, 6.07) is 13.5. The van der Waals surface area contributed by atoms with Gasteiger partial charge in [0.05, 0.1) is 6.04 Å². The monoisotopic (exact) mass is 319 g/mol. The minimum atomic E-state index is 0.0459. The van der Waals surface area contributed by atoms with Crippen molar-refractivity contribution in [3.63, 3.8) is 0 Å². The van der Waals surface area contributed by atoms with Crippen LogP contribution in [0, 0.1) is 0 Å². The van der Waals surface area contributed by atoms with Gasteiger partial charge < -0.3 is 15.2 Å². The van der Waals surface area contributed by atoms with Crippen LogP contribution in [0.5, 0.6) is 0 Å². The van der Waals surface area contributed by atoms with Crippen LogP contribution in [0.15, 0.2) is 61.1 Å². The fraction of sp³-hybridized carbons (Fsp3) is 0.167. The molecule has 1 unspecified atom stereocenters. The predicted octanol–water partition coefficient (Wildman–Crippen LogP) is 2.51. The SMILES string of the molecule is Nc1cc(-c2nccn2C2CC(=O)N(c3ccccc3)C2)ccn1. The van der Waals surface area contributed by atoms with Crippen molar-refractivity contribution in [2.45, 2.75) is 12.5 Å². The largest absolute Gasteiger partial charge is 0.384 e. The number of carbonyl (C=O) groups excluding carboxylic acids is 1. The molecule has 1 aromatic carbocycles. The van der Waals surface area contributed by atoms with E-state index in [4.69, 9.17) is 5.73 Å². The molecule has 3 heterocycles. The third-order valence-electron chi connectivity index (χ3n) is 4.27. The van der Waals surface area contributed by atoms with Crippen LogP contribution >= 0.6 is 0 Å². The summed E-state index contributed by atoms with van der Waals surface area (Å²) in [4.78, 5) is 22.7. The molecule has 24 heavy (non-hydrogen) atoms. The van der Waals surface area contributed by atoms with Gasteiger partial charge in [-0.2, -0.15) is 0 Å². The van der Waals surface area contributed by atoms with Crippen molar-refractivity contribution in [3.05, 3.63) is 61.1 Å². The molecular formula is C18H17N5O. The number of pyridine rings is 1. The molecule has 1 fully saturated rings. The Balaban J connectivity index is 1.65. The summed E-state index contributed by atoms with van der Waals surface area (Å²) in [5.41, 5.74) is 7.61. The first-order valence-corrected chi connectivity index (χ1v) is 7.82. The second-order valence-electron chi connectivity index (χ2n) is 5.83. The highest BCUT2D eigenvalue weighted by Gasteiger charge is 2.32. The van der Waals surface area contributed by atoms with Gasteiger partial charge in [0.25, 0.3) is 0 Å². The quantitative estimate of drug-likeness (QED) is 0.804.